The summed E-state index contributed by atoms with van der Waals surface area (Å²) in [6, 6.07) is 0.0209. The molecule has 1 fully saturated rings. The third kappa shape index (κ3) is 4.99. The molecular formula is C10H23ClN2O2S. The van der Waals surface area contributed by atoms with Crippen LogP contribution in [0.2, 0.25) is 0 Å². The molecule has 0 saturated carbocycles. The fraction of sp³-hybridized carbons (Fsp3) is 1.00. The van der Waals surface area contributed by atoms with E-state index in [1.807, 2.05) is 13.8 Å². The molecule has 4 nitrogen and oxygen atoms in total. The average Bonchev–Trinajstić information content (AvgIpc) is 2.15. The molecule has 1 heterocycles. The average molecular weight is 271 g/mol. The van der Waals surface area contributed by atoms with Gasteiger partial charge in [0.05, 0.1) is 5.75 Å². The third-order valence-electron chi connectivity index (χ3n) is 2.77. The van der Waals surface area contributed by atoms with E-state index in [0.717, 1.165) is 19.3 Å². The van der Waals surface area contributed by atoms with Crippen molar-refractivity contribution < 1.29 is 8.42 Å². The van der Waals surface area contributed by atoms with Crippen LogP contribution in [-0.2, 0) is 10.0 Å². The summed E-state index contributed by atoms with van der Waals surface area (Å²) in [4.78, 5) is 0. The summed E-state index contributed by atoms with van der Waals surface area (Å²) in [6.07, 6.45) is 2.56. The van der Waals surface area contributed by atoms with Gasteiger partial charge in [-0.15, -0.1) is 12.4 Å². The summed E-state index contributed by atoms with van der Waals surface area (Å²) in [5.74, 6) is 0.690. The van der Waals surface area contributed by atoms with Crippen molar-refractivity contribution in [3.63, 3.8) is 0 Å². The summed E-state index contributed by atoms with van der Waals surface area (Å²) in [5, 5.41) is 0. The van der Waals surface area contributed by atoms with Crippen LogP contribution in [0.4, 0.5) is 0 Å². The molecule has 16 heavy (non-hydrogen) atoms. The van der Waals surface area contributed by atoms with E-state index < -0.39 is 10.0 Å². The minimum Gasteiger partial charge on any atom is -0.327 e. The number of rotatable bonds is 4. The molecule has 1 aliphatic rings. The first-order chi connectivity index (χ1) is 6.92. The molecule has 0 radical (unpaired) electrons. The molecule has 0 aromatic carbocycles. The van der Waals surface area contributed by atoms with Gasteiger partial charge in [-0.05, 0) is 25.2 Å². The maximum Gasteiger partial charge on any atom is 0.214 e. The van der Waals surface area contributed by atoms with Crippen LogP contribution in [0.5, 0.6) is 0 Å². The lowest BCUT2D eigenvalue weighted by atomic mass is 10.1. The van der Waals surface area contributed by atoms with Gasteiger partial charge in [0.15, 0.2) is 0 Å². The number of sulfonamides is 1. The first-order valence-electron chi connectivity index (χ1n) is 5.65. The highest BCUT2D eigenvalue weighted by Gasteiger charge is 2.26. The quantitative estimate of drug-likeness (QED) is 0.835. The maximum atomic E-state index is 11.9. The molecule has 0 spiro atoms. The topological polar surface area (TPSA) is 63.4 Å². The van der Waals surface area contributed by atoms with Crippen LogP contribution >= 0.6 is 12.4 Å². The summed E-state index contributed by atoms with van der Waals surface area (Å²) < 4.78 is 25.4. The molecule has 1 unspecified atom stereocenters. The molecule has 0 bridgehead atoms. The first-order valence-corrected chi connectivity index (χ1v) is 7.26. The van der Waals surface area contributed by atoms with Gasteiger partial charge in [-0.3, -0.25) is 0 Å². The van der Waals surface area contributed by atoms with Crippen LogP contribution in [-0.4, -0.2) is 37.6 Å². The van der Waals surface area contributed by atoms with E-state index in [1.54, 1.807) is 4.31 Å². The van der Waals surface area contributed by atoms with Crippen LogP contribution in [0.1, 0.15) is 33.1 Å². The Balaban J connectivity index is 0.00000225. The third-order valence-corrected chi connectivity index (χ3v) is 4.64. The summed E-state index contributed by atoms with van der Waals surface area (Å²) in [7, 11) is -3.06. The van der Waals surface area contributed by atoms with Crippen LogP contribution in [0.25, 0.3) is 0 Å². The Morgan fingerprint density at radius 3 is 2.56 bits per heavy atom. The second kappa shape index (κ2) is 6.79. The Labute approximate surface area is 105 Å². The summed E-state index contributed by atoms with van der Waals surface area (Å²) >= 11 is 0. The lowest BCUT2D eigenvalue weighted by Gasteiger charge is -2.30. The zero-order chi connectivity index (χ0) is 11.5. The van der Waals surface area contributed by atoms with Gasteiger partial charge in [0.25, 0.3) is 0 Å². The van der Waals surface area contributed by atoms with Crippen molar-refractivity contribution in [3.05, 3.63) is 0 Å². The van der Waals surface area contributed by atoms with Gasteiger partial charge in [-0.2, -0.15) is 0 Å². The maximum absolute atomic E-state index is 11.9. The highest BCUT2D eigenvalue weighted by Crippen LogP contribution is 2.15. The fourth-order valence-corrected chi connectivity index (χ4v) is 3.59. The van der Waals surface area contributed by atoms with E-state index >= 15 is 0 Å². The van der Waals surface area contributed by atoms with Gasteiger partial charge < -0.3 is 5.73 Å². The van der Waals surface area contributed by atoms with E-state index in [1.165, 1.54) is 0 Å². The minimum absolute atomic E-state index is 0. The number of nitrogens with zero attached hydrogens (tertiary/aromatic N) is 1. The number of halogens is 1. The predicted molar refractivity (Wildman–Crippen MR) is 69.3 cm³/mol. The van der Waals surface area contributed by atoms with E-state index in [-0.39, 0.29) is 24.2 Å². The van der Waals surface area contributed by atoms with Crippen LogP contribution in [0, 0.1) is 5.92 Å². The molecule has 0 aliphatic carbocycles. The molecule has 6 heteroatoms. The number of nitrogens with two attached hydrogens (primary N) is 1. The van der Waals surface area contributed by atoms with Crippen molar-refractivity contribution in [3.8, 4) is 0 Å². The second-order valence-electron chi connectivity index (χ2n) is 4.76. The molecular weight excluding hydrogens is 248 g/mol. The Morgan fingerprint density at radius 1 is 1.44 bits per heavy atom. The molecule has 0 aromatic rings. The van der Waals surface area contributed by atoms with E-state index in [9.17, 15) is 8.42 Å². The molecule has 0 amide bonds. The number of hydrogen-bond donors (Lipinski definition) is 1. The molecule has 2 N–H and O–H groups in total. The van der Waals surface area contributed by atoms with Crippen LogP contribution in [0.3, 0.4) is 0 Å². The van der Waals surface area contributed by atoms with E-state index in [4.69, 9.17) is 5.73 Å². The Kier molecular flexibility index (Phi) is 6.86. The van der Waals surface area contributed by atoms with Crippen LogP contribution < -0.4 is 5.73 Å². The lowest BCUT2D eigenvalue weighted by molar-refractivity contribution is 0.315. The fourth-order valence-electron chi connectivity index (χ4n) is 1.74. The number of hydrogen-bond acceptors (Lipinski definition) is 3. The summed E-state index contributed by atoms with van der Waals surface area (Å²) in [5.41, 5.74) is 5.77. The molecule has 1 atom stereocenters. The van der Waals surface area contributed by atoms with Gasteiger partial charge in [-0.1, -0.05) is 13.8 Å². The molecule has 1 rings (SSSR count). The smallest absolute Gasteiger partial charge is 0.214 e. The SMILES string of the molecule is CC(C)CCS(=O)(=O)N1CCCC(N)C1.Cl. The standard InChI is InChI=1S/C10H22N2O2S.ClH/c1-9(2)5-7-15(13,14)12-6-3-4-10(11)8-12;/h9-10H,3-8,11H2,1-2H3;1H. The highest BCUT2D eigenvalue weighted by atomic mass is 35.5. The normalized spacial score (nSPS) is 23.1. The van der Waals surface area contributed by atoms with Gasteiger partial charge >= 0.3 is 0 Å². The van der Waals surface area contributed by atoms with Crippen LogP contribution in [0.15, 0.2) is 0 Å². The second-order valence-corrected chi connectivity index (χ2v) is 6.85. The van der Waals surface area contributed by atoms with Crippen molar-refractivity contribution >= 4 is 22.4 Å². The molecule has 0 aromatic heterocycles. The van der Waals surface area contributed by atoms with Gasteiger partial charge in [0.2, 0.25) is 10.0 Å². The summed E-state index contributed by atoms with van der Waals surface area (Å²) in [6.45, 7) is 5.23. The Hall–Kier alpha value is 0.160. The predicted octanol–water partition coefficient (Wildman–Crippen LogP) is 1.21. The number of piperidine rings is 1. The van der Waals surface area contributed by atoms with Crippen molar-refractivity contribution in [2.45, 2.75) is 39.2 Å². The first kappa shape index (κ1) is 16.2. The minimum atomic E-state index is -3.06. The van der Waals surface area contributed by atoms with Crippen molar-refractivity contribution in [1.29, 1.82) is 0 Å². The van der Waals surface area contributed by atoms with Gasteiger partial charge in [0, 0.05) is 19.1 Å². The highest BCUT2D eigenvalue weighted by molar-refractivity contribution is 7.89. The monoisotopic (exact) mass is 270 g/mol. The molecule has 1 saturated heterocycles. The largest absolute Gasteiger partial charge is 0.327 e. The van der Waals surface area contributed by atoms with Crippen molar-refractivity contribution in [2.75, 3.05) is 18.8 Å². The zero-order valence-electron chi connectivity index (χ0n) is 10.1. The molecule has 1 aliphatic heterocycles. The van der Waals surface area contributed by atoms with Gasteiger partial charge in [0.1, 0.15) is 0 Å². The van der Waals surface area contributed by atoms with Gasteiger partial charge in [-0.25, -0.2) is 12.7 Å². The van der Waals surface area contributed by atoms with Crippen molar-refractivity contribution in [1.82, 2.24) is 4.31 Å². The van der Waals surface area contributed by atoms with E-state index in [0.29, 0.717) is 19.0 Å². The van der Waals surface area contributed by atoms with E-state index in [2.05, 4.69) is 0 Å². The zero-order valence-corrected chi connectivity index (χ0v) is 11.7. The lowest BCUT2D eigenvalue weighted by Crippen LogP contribution is -2.46. The Bertz CT molecular complexity index is 293. The Morgan fingerprint density at radius 2 is 2.06 bits per heavy atom. The molecule has 98 valence electrons. The van der Waals surface area contributed by atoms with Crippen molar-refractivity contribution in [2.24, 2.45) is 11.7 Å².